The highest BCUT2D eigenvalue weighted by atomic mass is 16.6. The molecule has 4 heterocycles. The van der Waals surface area contributed by atoms with E-state index in [1.807, 2.05) is 27.7 Å². The third-order valence-electron chi connectivity index (χ3n) is 6.38. The fraction of sp³-hybridized carbons (Fsp3) is 0.483. The Morgan fingerprint density at radius 3 is 2.68 bits per heavy atom. The van der Waals surface area contributed by atoms with E-state index < -0.39 is 5.60 Å². The van der Waals surface area contributed by atoms with E-state index in [-0.39, 0.29) is 36.1 Å². The van der Waals surface area contributed by atoms with Crippen LogP contribution in [0.2, 0.25) is 0 Å². The summed E-state index contributed by atoms with van der Waals surface area (Å²) in [5.41, 5.74) is 0.220. The number of aromatic nitrogens is 5. The highest BCUT2D eigenvalue weighted by Crippen LogP contribution is 2.26. The summed E-state index contributed by atoms with van der Waals surface area (Å²) >= 11 is 0. The number of anilines is 2. The normalized spacial score (nSPS) is 14.6. The summed E-state index contributed by atoms with van der Waals surface area (Å²) in [4.78, 5) is 39.6. The number of amides is 1. The highest BCUT2D eigenvalue weighted by Gasteiger charge is 2.26. The van der Waals surface area contributed by atoms with E-state index in [1.54, 1.807) is 42.7 Å². The van der Waals surface area contributed by atoms with Crippen molar-refractivity contribution in [1.29, 1.82) is 0 Å². The Bertz CT molecular complexity index is 1470. The van der Waals surface area contributed by atoms with Crippen molar-refractivity contribution < 1.29 is 19.4 Å². The average molecular weight is 564 g/mol. The van der Waals surface area contributed by atoms with Crippen LogP contribution in [0.5, 0.6) is 5.75 Å². The number of nitrogens with zero attached hydrogens (tertiary/aromatic N) is 5. The van der Waals surface area contributed by atoms with E-state index in [4.69, 9.17) is 9.47 Å². The topological polar surface area (TPSA) is 147 Å². The van der Waals surface area contributed by atoms with Crippen molar-refractivity contribution in [2.75, 3.05) is 25.0 Å². The molecule has 0 saturated carbocycles. The first kappa shape index (κ1) is 29.6. The lowest BCUT2D eigenvalue weighted by Gasteiger charge is -2.31. The van der Waals surface area contributed by atoms with Gasteiger partial charge in [-0.05, 0) is 46.6 Å². The number of carbonyl (C=O) groups is 1. The van der Waals surface area contributed by atoms with Gasteiger partial charge in [0.1, 0.15) is 28.5 Å². The van der Waals surface area contributed by atoms with Gasteiger partial charge in [0.25, 0.3) is 5.56 Å². The number of rotatable bonds is 7. The van der Waals surface area contributed by atoms with Gasteiger partial charge in [0, 0.05) is 63.7 Å². The minimum absolute atomic E-state index is 0.00305. The third kappa shape index (κ3) is 8.08. The molecule has 0 spiro atoms. The molecular formula is C29H37N7O5. The largest absolute Gasteiger partial charge is 0.489 e. The van der Waals surface area contributed by atoms with E-state index in [9.17, 15) is 14.7 Å². The minimum atomic E-state index is -0.526. The van der Waals surface area contributed by atoms with Crippen molar-refractivity contribution in [1.82, 2.24) is 29.6 Å². The molecule has 0 radical (unpaired) electrons. The SMILES string of the molecule is C[C@@H](CCO)Oc1cc(Nc2ccnc(-c3c[nH]n(C)c3=O)n2)ncc1C#CC1CCN(C(=O)OC(C)(C)C)CC1. The van der Waals surface area contributed by atoms with Gasteiger partial charge in [-0.3, -0.25) is 9.48 Å². The fourth-order valence-corrected chi connectivity index (χ4v) is 4.18. The van der Waals surface area contributed by atoms with Crippen LogP contribution in [0.4, 0.5) is 16.4 Å². The van der Waals surface area contributed by atoms with E-state index in [1.165, 1.54) is 4.68 Å². The van der Waals surface area contributed by atoms with Gasteiger partial charge < -0.3 is 29.9 Å². The Kier molecular flexibility index (Phi) is 9.29. The molecule has 0 aromatic carbocycles. The number of carbonyl (C=O) groups excluding carboxylic acids is 1. The number of aryl methyl sites for hydroxylation is 1. The molecule has 1 saturated heterocycles. The highest BCUT2D eigenvalue weighted by molar-refractivity contribution is 5.68. The summed E-state index contributed by atoms with van der Waals surface area (Å²) in [5.74, 6) is 8.39. The molecule has 1 amide bonds. The number of aromatic amines is 1. The standard InChI is InChI=1S/C29H37N7O5/c1-19(11-15-37)40-23-16-25(33-24-8-12-30-26(34-24)22-18-32-35(5)27(22)38)31-17-21(23)7-6-20-9-13-36(14-10-20)28(39)41-29(2,3)4/h8,12,16-20,32,37H,9-11,13-15H2,1-5H3,(H,30,31,33,34)/t19-/m0/s1. The lowest BCUT2D eigenvalue weighted by molar-refractivity contribution is 0.0199. The number of nitrogens with one attached hydrogen (secondary N) is 2. The van der Waals surface area contributed by atoms with Crippen LogP contribution in [0.1, 0.15) is 52.5 Å². The molecule has 3 aromatic rings. The van der Waals surface area contributed by atoms with Crippen LogP contribution in [0.3, 0.4) is 0 Å². The molecule has 41 heavy (non-hydrogen) atoms. The van der Waals surface area contributed by atoms with Crippen LogP contribution < -0.4 is 15.6 Å². The average Bonchev–Trinajstić information content (AvgIpc) is 3.25. The van der Waals surface area contributed by atoms with Gasteiger partial charge in [-0.2, -0.15) is 0 Å². The van der Waals surface area contributed by atoms with Gasteiger partial charge in [0.05, 0.1) is 11.7 Å². The maximum Gasteiger partial charge on any atom is 0.410 e. The van der Waals surface area contributed by atoms with Gasteiger partial charge in [0.15, 0.2) is 5.82 Å². The van der Waals surface area contributed by atoms with Gasteiger partial charge >= 0.3 is 6.09 Å². The van der Waals surface area contributed by atoms with E-state index in [0.717, 1.165) is 12.8 Å². The van der Waals surface area contributed by atoms with Gasteiger partial charge in [-0.1, -0.05) is 11.8 Å². The van der Waals surface area contributed by atoms with E-state index >= 15 is 0 Å². The second-order valence-corrected chi connectivity index (χ2v) is 11.0. The molecule has 3 aromatic heterocycles. The molecular weight excluding hydrogens is 526 g/mol. The smallest absolute Gasteiger partial charge is 0.410 e. The molecule has 12 heteroatoms. The maximum atomic E-state index is 12.4. The molecule has 1 aliphatic rings. The zero-order valence-electron chi connectivity index (χ0n) is 24.1. The van der Waals surface area contributed by atoms with E-state index in [2.05, 4.69) is 37.2 Å². The molecule has 3 N–H and O–H groups in total. The van der Waals surface area contributed by atoms with Crippen LogP contribution in [-0.4, -0.2) is 72.2 Å². The zero-order valence-corrected chi connectivity index (χ0v) is 24.1. The Morgan fingerprint density at radius 1 is 1.27 bits per heavy atom. The summed E-state index contributed by atoms with van der Waals surface area (Å²) in [6.07, 6.45) is 6.17. The predicted octanol–water partition coefficient (Wildman–Crippen LogP) is 3.46. The number of H-pyrrole nitrogens is 1. The van der Waals surface area contributed by atoms with Crippen LogP contribution in [0, 0.1) is 17.8 Å². The number of piperidine rings is 1. The number of hydrogen-bond donors (Lipinski definition) is 3. The van der Waals surface area contributed by atoms with Gasteiger partial charge in [-0.25, -0.2) is 19.7 Å². The number of likely N-dealkylation sites (tertiary alicyclic amines) is 1. The lowest BCUT2D eigenvalue weighted by Crippen LogP contribution is -2.41. The summed E-state index contributed by atoms with van der Waals surface area (Å²) < 4.78 is 12.9. The molecule has 12 nitrogen and oxygen atoms in total. The molecule has 218 valence electrons. The first-order valence-electron chi connectivity index (χ1n) is 13.6. The second kappa shape index (κ2) is 12.9. The van der Waals surface area contributed by atoms with Crippen molar-refractivity contribution in [3.63, 3.8) is 0 Å². The minimum Gasteiger partial charge on any atom is -0.489 e. The summed E-state index contributed by atoms with van der Waals surface area (Å²) in [7, 11) is 1.62. The fourth-order valence-electron chi connectivity index (χ4n) is 4.18. The van der Waals surface area contributed by atoms with Crippen molar-refractivity contribution in [3.05, 3.63) is 46.6 Å². The van der Waals surface area contributed by atoms with Gasteiger partial charge in [-0.15, -0.1) is 0 Å². The molecule has 1 aliphatic heterocycles. The Hall–Kier alpha value is -4.37. The predicted molar refractivity (Wildman–Crippen MR) is 154 cm³/mol. The van der Waals surface area contributed by atoms with Crippen molar-refractivity contribution in [2.45, 2.75) is 58.7 Å². The Labute approximate surface area is 239 Å². The summed E-state index contributed by atoms with van der Waals surface area (Å²) in [5, 5.41) is 15.3. The molecule has 1 fully saturated rings. The molecule has 0 aliphatic carbocycles. The maximum absolute atomic E-state index is 12.4. The number of aliphatic hydroxyl groups excluding tert-OH is 1. The number of ether oxygens (including phenoxy) is 2. The first-order chi connectivity index (χ1) is 19.5. The lowest BCUT2D eigenvalue weighted by atomic mass is 9.97. The molecule has 0 unspecified atom stereocenters. The third-order valence-corrected chi connectivity index (χ3v) is 6.38. The summed E-state index contributed by atoms with van der Waals surface area (Å²) in [6, 6.07) is 3.41. The molecule has 4 rings (SSSR count). The Morgan fingerprint density at radius 2 is 2.02 bits per heavy atom. The van der Waals surface area contributed by atoms with Crippen molar-refractivity contribution >= 4 is 17.7 Å². The van der Waals surface area contributed by atoms with Crippen LogP contribution in [0.25, 0.3) is 11.4 Å². The molecule has 1 atom stereocenters. The summed E-state index contributed by atoms with van der Waals surface area (Å²) in [6.45, 7) is 8.62. The quantitative estimate of drug-likeness (QED) is 0.368. The van der Waals surface area contributed by atoms with Gasteiger partial charge in [0.2, 0.25) is 0 Å². The van der Waals surface area contributed by atoms with Crippen molar-refractivity contribution in [2.24, 2.45) is 13.0 Å². The monoisotopic (exact) mass is 563 g/mol. The van der Waals surface area contributed by atoms with Crippen molar-refractivity contribution in [3.8, 4) is 29.0 Å². The zero-order chi connectivity index (χ0) is 29.6. The van der Waals surface area contributed by atoms with Crippen LogP contribution in [0.15, 0.2) is 35.5 Å². The number of aliphatic hydroxyl groups is 1. The van der Waals surface area contributed by atoms with E-state index in [0.29, 0.717) is 48.0 Å². The second-order valence-electron chi connectivity index (χ2n) is 11.0. The van der Waals surface area contributed by atoms with Crippen LogP contribution >= 0.6 is 0 Å². The first-order valence-corrected chi connectivity index (χ1v) is 13.6. The molecule has 0 bridgehead atoms. The number of hydrogen-bond acceptors (Lipinski definition) is 9. The Balaban J connectivity index is 1.49. The van der Waals surface area contributed by atoms with Crippen LogP contribution in [-0.2, 0) is 11.8 Å². The number of pyridine rings is 1.